The fraction of sp³-hybridized carbons (Fsp3) is 1.00. The van der Waals surface area contributed by atoms with Crippen LogP contribution in [0.4, 0.5) is 0 Å². The quantitative estimate of drug-likeness (QED) is 0.507. The smallest absolute Gasteiger partial charge is 0.0897 e. The van der Waals surface area contributed by atoms with Crippen LogP contribution in [-0.4, -0.2) is 37.5 Å². The molecule has 126 valence electrons. The fourth-order valence-corrected chi connectivity index (χ4v) is 3.11. The summed E-state index contributed by atoms with van der Waals surface area (Å²) >= 11 is 0. The topological polar surface area (TPSA) is 41.5 Å². The molecule has 3 heteroatoms. The zero-order valence-electron chi connectivity index (χ0n) is 14.1. The lowest BCUT2D eigenvalue weighted by Crippen LogP contribution is -2.34. The van der Waals surface area contributed by atoms with Gasteiger partial charge in [-0.05, 0) is 31.7 Å². The lowest BCUT2D eigenvalue weighted by Gasteiger charge is -2.22. The molecule has 0 saturated heterocycles. The van der Waals surface area contributed by atoms with Gasteiger partial charge in [0, 0.05) is 13.2 Å². The van der Waals surface area contributed by atoms with Crippen LogP contribution < -0.4 is 5.32 Å². The minimum atomic E-state index is -0.353. The Balaban J connectivity index is 1.81. The predicted octanol–water partition coefficient (Wildman–Crippen LogP) is 3.89. The third-order valence-electron chi connectivity index (χ3n) is 4.49. The monoisotopic (exact) mass is 299 g/mol. The minimum Gasteiger partial charge on any atom is -0.389 e. The Morgan fingerprint density at radius 3 is 2.52 bits per heavy atom. The molecule has 0 radical (unpaired) electrons. The zero-order chi connectivity index (χ0) is 15.2. The van der Waals surface area contributed by atoms with Gasteiger partial charge in [0.05, 0.1) is 12.7 Å². The van der Waals surface area contributed by atoms with Crippen molar-refractivity contribution >= 4 is 0 Å². The molecule has 0 aliphatic heterocycles. The molecule has 3 nitrogen and oxygen atoms in total. The van der Waals surface area contributed by atoms with E-state index < -0.39 is 0 Å². The lowest BCUT2D eigenvalue weighted by molar-refractivity contribution is 0.0348. The summed E-state index contributed by atoms with van der Waals surface area (Å²) in [7, 11) is 0. The molecule has 1 saturated carbocycles. The molecular weight excluding hydrogens is 262 g/mol. The molecule has 1 unspecified atom stereocenters. The number of aliphatic hydroxyl groups is 1. The average Bonchev–Trinajstić information content (AvgIpc) is 2.51. The highest BCUT2D eigenvalue weighted by Gasteiger charge is 2.13. The normalized spacial score (nSPS) is 18.0. The van der Waals surface area contributed by atoms with Crippen LogP contribution in [0.15, 0.2) is 0 Å². The van der Waals surface area contributed by atoms with E-state index >= 15 is 0 Å². The standard InChI is InChI=1S/C18H37NO2/c1-2-3-4-5-6-10-13-21-16-18(20)15-19-14-17-11-8-7-9-12-17/h17-20H,2-16H2,1H3. The van der Waals surface area contributed by atoms with Gasteiger partial charge in [-0.25, -0.2) is 0 Å². The number of hydrogen-bond donors (Lipinski definition) is 2. The highest BCUT2D eigenvalue weighted by atomic mass is 16.5. The van der Waals surface area contributed by atoms with Crippen molar-refractivity contribution in [1.29, 1.82) is 0 Å². The molecule has 1 aliphatic carbocycles. The van der Waals surface area contributed by atoms with Crippen molar-refractivity contribution in [2.75, 3.05) is 26.3 Å². The second-order valence-corrected chi connectivity index (χ2v) is 6.66. The SMILES string of the molecule is CCCCCCCCOCC(O)CNCC1CCCCC1. The van der Waals surface area contributed by atoms with Gasteiger partial charge >= 0.3 is 0 Å². The highest BCUT2D eigenvalue weighted by molar-refractivity contribution is 4.69. The Morgan fingerprint density at radius 1 is 1.05 bits per heavy atom. The van der Waals surface area contributed by atoms with Crippen LogP contribution in [0.25, 0.3) is 0 Å². The number of aliphatic hydroxyl groups excluding tert-OH is 1. The van der Waals surface area contributed by atoms with E-state index in [1.165, 1.54) is 64.2 Å². The van der Waals surface area contributed by atoms with Crippen LogP contribution in [0.3, 0.4) is 0 Å². The molecule has 0 heterocycles. The van der Waals surface area contributed by atoms with Crippen LogP contribution in [0.1, 0.15) is 77.6 Å². The van der Waals surface area contributed by atoms with E-state index in [1.807, 2.05) is 0 Å². The Kier molecular flexibility index (Phi) is 12.2. The van der Waals surface area contributed by atoms with Gasteiger partial charge in [0.1, 0.15) is 0 Å². The van der Waals surface area contributed by atoms with Crippen molar-refractivity contribution in [3.63, 3.8) is 0 Å². The Morgan fingerprint density at radius 2 is 1.76 bits per heavy atom. The van der Waals surface area contributed by atoms with Crippen molar-refractivity contribution in [3.05, 3.63) is 0 Å². The van der Waals surface area contributed by atoms with Gasteiger partial charge in [-0.3, -0.25) is 0 Å². The largest absolute Gasteiger partial charge is 0.389 e. The molecule has 1 rings (SSSR count). The van der Waals surface area contributed by atoms with Crippen molar-refractivity contribution in [3.8, 4) is 0 Å². The van der Waals surface area contributed by atoms with Gasteiger partial charge in [0.15, 0.2) is 0 Å². The summed E-state index contributed by atoms with van der Waals surface area (Å²) < 4.78 is 5.55. The van der Waals surface area contributed by atoms with Crippen molar-refractivity contribution in [2.45, 2.75) is 83.7 Å². The molecule has 0 aromatic heterocycles. The third-order valence-corrected chi connectivity index (χ3v) is 4.49. The van der Waals surface area contributed by atoms with Crippen LogP contribution in [0, 0.1) is 5.92 Å². The van der Waals surface area contributed by atoms with E-state index in [4.69, 9.17) is 4.74 Å². The van der Waals surface area contributed by atoms with Crippen molar-refractivity contribution in [1.82, 2.24) is 5.32 Å². The average molecular weight is 299 g/mol. The van der Waals surface area contributed by atoms with Gasteiger partial charge in [-0.15, -0.1) is 0 Å². The molecule has 1 fully saturated rings. The Labute approximate surface area is 131 Å². The van der Waals surface area contributed by atoms with Crippen LogP contribution >= 0.6 is 0 Å². The molecule has 21 heavy (non-hydrogen) atoms. The molecule has 0 amide bonds. The second kappa shape index (κ2) is 13.5. The summed E-state index contributed by atoms with van der Waals surface area (Å²) in [5.74, 6) is 0.829. The summed E-state index contributed by atoms with van der Waals surface area (Å²) in [6.45, 7) is 5.26. The molecule has 0 bridgehead atoms. The molecule has 1 aliphatic rings. The molecule has 0 spiro atoms. The summed E-state index contributed by atoms with van der Waals surface area (Å²) in [5, 5.41) is 13.3. The van der Waals surface area contributed by atoms with Gasteiger partial charge < -0.3 is 15.2 Å². The summed E-state index contributed by atoms with van der Waals surface area (Å²) in [5.41, 5.74) is 0. The predicted molar refractivity (Wildman–Crippen MR) is 89.6 cm³/mol. The fourth-order valence-electron chi connectivity index (χ4n) is 3.11. The molecule has 1 atom stereocenters. The first kappa shape index (κ1) is 18.9. The maximum Gasteiger partial charge on any atom is 0.0897 e. The minimum absolute atomic E-state index is 0.353. The first-order valence-corrected chi connectivity index (χ1v) is 9.29. The van der Waals surface area contributed by atoms with E-state index in [-0.39, 0.29) is 6.10 Å². The van der Waals surface area contributed by atoms with E-state index in [1.54, 1.807) is 0 Å². The van der Waals surface area contributed by atoms with Crippen LogP contribution in [-0.2, 0) is 4.74 Å². The van der Waals surface area contributed by atoms with Crippen molar-refractivity contribution in [2.24, 2.45) is 5.92 Å². The van der Waals surface area contributed by atoms with Gasteiger partial charge in [0.25, 0.3) is 0 Å². The number of unbranched alkanes of at least 4 members (excludes halogenated alkanes) is 5. The summed E-state index contributed by atoms with van der Waals surface area (Å²) in [4.78, 5) is 0. The molecule has 0 aromatic carbocycles. The molecular formula is C18H37NO2. The number of ether oxygens (including phenoxy) is 1. The molecule has 0 aromatic rings. The molecule has 2 N–H and O–H groups in total. The summed E-state index contributed by atoms with van der Waals surface area (Å²) in [6, 6.07) is 0. The first-order chi connectivity index (χ1) is 10.3. The Hall–Kier alpha value is -0.120. The van der Waals surface area contributed by atoms with Crippen molar-refractivity contribution < 1.29 is 9.84 Å². The number of hydrogen-bond acceptors (Lipinski definition) is 3. The summed E-state index contributed by atoms with van der Waals surface area (Å²) in [6.07, 6.45) is 14.3. The van der Waals surface area contributed by atoms with Crippen LogP contribution in [0.5, 0.6) is 0 Å². The van der Waals surface area contributed by atoms with E-state index in [9.17, 15) is 5.11 Å². The van der Waals surface area contributed by atoms with E-state index in [0.29, 0.717) is 13.2 Å². The first-order valence-electron chi connectivity index (χ1n) is 9.29. The zero-order valence-corrected chi connectivity index (χ0v) is 14.1. The van der Waals surface area contributed by atoms with Gasteiger partial charge in [0.2, 0.25) is 0 Å². The third kappa shape index (κ3) is 11.1. The Bertz CT molecular complexity index is 217. The second-order valence-electron chi connectivity index (χ2n) is 6.66. The number of nitrogens with one attached hydrogen (secondary N) is 1. The lowest BCUT2D eigenvalue weighted by atomic mass is 9.89. The van der Waals surface area contributed by atoms with E-state index in [2.05, 4.69) is 12.2 Å². The van der Waals surface area contributed by atoms with E-state index in [0.717, 1.165) is 25.5 Å². The van der Waals surface area contributed by atoms with Crippen LogP contribution in [0.2, 0.25) is 0 Å². The highest BCUT2D eigenvalue weighted by Crippen LogP contribution is 2.22. The maximum absolute atomic E-state index is 9.86. The number of rotatable bonds is 13. The van der Waals surface area contributed by atoms with Gasteiger partial charge in [-0.2, -0.15) is 0 Å². The van der Waals surface area contributed by atoms with Gasteiger partial charge in [-0.1, -0.05) is 58.3 Å². The maximum atomic E-state index is 9.86.